The molecule has 3 heteroatoms. The highest BCUT2D eigenvalue weighted by Gasteiger charge is 2.41. The molecule has 1 heterocycles. The molecule has 5 rings (SSSR count). The second kappa shape index (κ2) is 7.47. The van der Waals surface area contributed by atoms with Crippen LogP contribution in [0.5, 0.6) is 5.75 Å². The number of thioether (sulfide) groups is 2. The van der Waals surface area contributed by atoms with E-state index in [1.807, 2.05) is 23.5 Å². The lowest BCUT2D eigenvalue weighted by Crippen LogP contribution is -2.30. The molecule has 0 saturated heterocycles. The van der Waals surface area contributed by atoms with Gasteiger partial charge in [0.2, 0.25) is 0 Å². The lowest BCUT2D eigenvalue weighted by molar-refractivity contribution is 0.301. The molecule has 0 N–H and O–H groups in total. The van der Waals surface area contributed by atoms with E-state index in [2.05, 4.69) is 98.8 Å². The molecule has 1 aliphatic heterocycles. The van der Waals surface area contributed by atoms with Crippen molar-refractivity contribution < 1.29 is 4.74 Å². The molecule has 0 bridgehead atoms. The van der Waals surface area contributed by atoms with Crippen LogP contribution < -0.4 is 4.74 Å². The minimum atomic E-state index is -0.255. The summed E-state index contributed by atoms with van der Waals surface area (Å²) in [6, 6.07) is 30.3. The van der Waals surface area contributed by atoms with Crippen molar-refractivity contribution in [2.24, 2.45) is 0 Å². The van der Waals surface area contributed by atoms with Crippen LogP contribution in [-0.2, 0) is 4.08 Å². The molecular formula is C26H22OS2. The summed E-state index contributed by atoms with van der Waals surface area (Å²) >= 11 is 3.79. The van der Waals surface area contributed by atoms with Crippen molar-refractivity contribution in [3.63, 3.8) is 0 Å². The Kier molecular flexibility index (Phi) is 4.81. The molecule has 0 unspecified atom stereocenters. The van der Waals surface area contributed by atoms with Gasteiger partial charge in [0.1, 0.15) is 16.4 Å². The van der Waals surface area contributed by atoms with E-state index in [-0.39, 0.29) is 4.08 Å². The minimum absolute atomic E-state index is 0.255. The van der Waals surface area contributed by atoms with Crippen molar-refractivity contribution >= 4 is 34.3 Å². The fourth-order valence-corrected chi connectivity index (χ4v) is 6.85. The number of ether oxygens (including phenoxy) is 1. The Morgan fingerprint density at radius 1 is 0.690 bits per heavy atom. The largest absolute Gasteiger partial charge is 0.490 e. The average molecular weight is 415 g/mol. The summed E-state index contributed by atoms with van der Waals surface area (Å²) in [7, 11) is 0. The zero-order chi connectivity index (χ0) is 19.8. The van der Waals surface area contributed by atoms with Gasteiger partial charge in [-0.05, 0) is 60.2 Å². The van der Waals surface area contributed by atoms with E-state index in [0.29, 0.717) is 6.61 Å². The Morgan fingerprint density at radius 3 is 1.90 bits per heavy atom. The summed E-state index contributed by atoms with van der Waals surface area (Å²) in [6.07, 6.45) is 0. The van der Waals surface area contributed by atoms with Gasteiger partial charge in [0, 0.05) is 15.2 Å². The smallest absolute Gasteiger partial charge is 0.130 e. The van der Waals surface area contributed by atoms with Gasteiger partial charge in [0.15, 0.2) is 0 Å². The van der Waals surface area contributed by atoms with Gasteiger partial charge in [-0.25, -0.2) is 0 Å². The maximum absolute atomic E-state index is 6.50. The summed E-state index contributed by atoms with van der Waals surface area (Å²) in [5, 5.41) is 2.55. The number of aryl methyl sites for hydroxylation is 2. The predicted molar refractivity (Wildman–Crippen MR) is 125 cm³/mol. The van der Waals surface area contributed by atoms with Crippen LogP contribution in [0.3, 0.4) is 0 Å². The Labute approximate surface area is 180 Å². The van der Waals surface area contributed by atoms with Crippen molar-refractivity contribution in [2.45, 2.75) is 27.7 Å². The molecule has 1 aliphatic rings. The quantitative estimate of drug-likeness (QED) is 0.318. The molecule has 29 heavy (non-hydrogen) atoms. The van der Waals surface area contributed by atoms with Crippen LogP contribution in [0.15, 0.2) is 94.7 Å². The standard InChI is InChI=1S/C26H22OS2/c1-18-14-16-23-24-22(18)15-13-19(2)25(24)27-17-26(23,28-20-9-5-3-6-10-20)29-21-11-7-4-8-12-21/h3-16H,17H2,1-2H3. The molecule has 0 aliphatic carbocycles. The third-order valence-corrected chi connectivity index (χ3v) is 8.27. The van der Waals surface area contributed by atoms with E-state index in [9.17, 15) is 0 Å². The van der Waals surface area contributed by atoms with Gasteiger partial charge in [-0.1, -0.05) is 84.2 Å². The second-order valence-corrected chi connectivity index (χ2v) is 10.4. The summed E-state index contributed by atoms with van der Waals surface area (Å²) in [5.41, 5.74) is 3.84. The lowest BCUT2D eigenvalue weighted by Gasteiger charge is -2.38. The SMILES string of the molecule is Cc1ccc2c(C)ccc3c2c1OCC3(Sc1ccccc1)Sc1ccccc1. The molecule has 0 aromatic heterocycles. The van der Waals surface area contributed by atoms with Crippen LogP contribution in [0.1, 0.15) is 16.7 Å². The molecule has 4 aromatic carbocycles. The topological polar surface area (TPSA) is 9.23 Å². The molecule has 0 atom stereocenters. The van der Waals surface area contributed by atoms with E-state index in [1.54, 1.807) is 0 Å². The third kappa shape index (κ3) is 3.33. The zero-order valence-corrected chi connectivity index (χ0v) is 18.1. The normalized spacial score (nSPS) is 14.6. The van der Waals surface area contributed by atoms with E-state index in [0.717, 1.165) is 5.75 Å². The molecule has 144 valence electrons. The third-order valence-electron chi connectivity index (χ3n) is 5.42. The molecule has 0 spiro atoms. The van der Waals surface area contributed by atoms with Crippen molar-refractivity contribution in [2.75, 3.05) is 6.61 Å². The molecule has 0 amide bonds. The summed E-state index contributed by atoms with van der Waals surface area (Å²) in [4.78, 5) is 2.51. The highest BCUT2D eigenvalue weighted by Crippen LogP contribution is 2.58. The Bertz CT molecular complexity index is 1130. The number of hydrogen-bond acceptors (Lipinski definition) is 3. The molecule has 4 aromatic rings. The first-order chi connectivity index (χ1) is 14.2. The fourth-order valence-electron chi connectivity index (χ4n) is 3.96. The van der Waals surface area contributed by atoms with E-state index >= 15 is 0 Å². The first-order valence-corrected chi connectivity index (χ1v) is 11.4. The second-order valence-electron chi connectivity index (χ2n) is 7.44. The van der Waals surface area contributed by atoms with Crippen LogP contribution in [0, 0.1) is 13.8 Å². The molecule has 0 saturated carbocycles. The molecule has 0 radical (unpaired) electrons. The highest BCUT2D eigenvalue weighted by molar-refractivity contribution is 8.17. The van der Waals surface area contributed by atoms with Crippen molar-refractivity contribution in [3.05, 3.63) is 102 Å². The molecular weight excluding hydrogens is 392 g/mol. The number of benzene rings is 4. The van der Waals surface area contributed by atoms with Crippen molar-refractivity contribution in [1.29, 1.82) is 0 Å². The van der Waals surface area contributed by atoms with Gasteiger partial charge < -0.3 is 4.74 Å². The first kappa shape index (κ1) is 18.7. The van der Waals surface area contributed by atoms with Crippen LogP contribution in [0.2, 0.25) is 0 Å². The van der Waals surface area contributed by atoms with Gasteiger partial charge in [-0.3, -0.25) is 0 Å². The summed E-state index contributed by atoms with van der Waals surface area (Å²) in [5.74, 6) is 1.04. The maximum atomic E-state index is 6.50. The van der Waals surface area contributed by atoms with Crippen molar-refractivity contribution in [1.82, 2.24) is 0 Å². The minimum Gasteiger partial charge on any atom is -0.490 e. The van der Waals surface area contributed by atoms with E-state index in [4.69, 9.17) is 4.74 Å². The van der Waals surface area contributed by atoms with Crippen LogP contribution >= 0.6 is 23.5 Å². The van der Waals surface area contributed by atoms with Crippen molar-refractivity contribution in [3.8, 4) is 5.75 Å². The predicted octanol–water partition coefficient (Wildman–Crippen LogP) is 7.59. The Hall–Kier alpha value is -2.36. The van der Waals surface area contributed by atoms with Gasteiger partial charge in [-0.15, -0.1) is 0 Å². The van der Waals surface area contributed by atoms with E-state index in [1.165, 1.54) is 37.3 Å². The monoisotopic (exact) mass is 414 g/mol. The Morgan fingerprint density at radius 2 is 1.28 bits per heavy atom. The zero-order valence-electron chi connectivity index (χ0n) is 16.5. The van der Waals surface area contributed by atoms with Gasteiger partial charge in [0.25, 0.3) is 0 Å². The summed E-state index contributed by atoms with van der Waals surface area (Å²) < 4.78 is 6.25. The Balaban J connectivity index is 1.74. The molecule has 0 fully saturated rings. The average Bonchev–Trinajstić information content (AvgIpc) is 2.74. The highest BCUT2D eigenvalue weighted by atomic mass is 32.2. The fraction of sp³-hybridized carbons (Fsp3) is 0.154. The number of rotatable bonds is 4. The first-order valence-electron chi connectivity index (χ1n) is 9.81. The maximum Gasteiger partial charge on any atom is 0.130 e. The number of hydrogen-bond donors (Lipinski definition) is 0. The van der Waals surface area contributed by atoms with Crippen LogP contribution in [0.4, 0.5) is 0 Å². The van der Waals surface area contributed by atoms with Gasteiger partial charge in [-0.2, -0.15) is 0 Å². The summed E-state index contributed by atoms with van der Waals surface area (Å²) in [6.45, 7) is 4.95. The van der Waals surface area contributed by atoms with Gasteiger partial charge in [0.05, 0.1) is 0 Å². The molecule has 1 nitrogen and oxygen atoms in total. The van der Waals surface area contributed by atoms with Crippen LogP contribution in [-0.4, -0.2) is 6.61 Å². The van der Waals surface area contributed by atoms with Gasteiger partial charge >= 0.3 is 0 Å². The van der Waals surface area contributed by atoms with E-state index < -0.39 is 0 Å². The van der Waals surface area contributed by atoms with Crippen LogP contribution in [0.25, 0.3) is 10.8 Å². The lowest BCUT2D eigenvalue weighted by atomic mass is 9.94.